The molecule has 0 spiro atoms. The summed E-state index contributed by atoms with van der Waals surface area (Å²) in [4.78, 5) is 13.3. The van der Waals surface area contributed by atoms with Crippen LogP contribution in [0.3, 0.4) is 0 Å². The Hall–Kier alpha value is -0.730. The summed E-state index contributed by atoms with van der Waals surface area (Å²) in [7, 11) is 0. The molecule has 0 saturated carbocycles. The molecule has 1 amide bonds. The Kier molecular flexibility index (Phi) is 3.88. The SMILES string of the molecule is C[C@H]1[C@H](CCl)C(C)(Cl)C(=O)N1Cc1ccccc1. The van der Waals surface area contributed by atoms with Gasteiger partial charge in [0.05, 0.1) is 0 Å². The van der Waals surface area contributed by atoms with Crippen LogP contribution >= 0.6 is 23.2 Å². The van der Waals surface area contributed by atoms with Crippen LogP contribution in [0.5, 0.6) is 0 Å². The number of rotatable bonds is 3. The Morgan fingerprint density at radius 1 is 1.33 bits per heavy atom. The van der Waals surface area contributed by atoms with Gasteiger partial charge in [-0.1, -0.05) is 30.3 Å². The second-order valence-corrected chi connectivity index (χ2v) is 6.09. The molecule has 0 aromatic heterocycles. The van der Waals surface area contributed by atoms with Crippen molar-refractivity contribution in [2.75, 3.05) is 5.88 Å². The molecule has 2 rings (SSSR count). The highest BCUT2D eigenvalue weighted by atomic mass is 35.5. The molecule has 1 aliphatic heterocycles. The number of halogens is 2. The van der Waals surface area contributed by atoms with Crippen LogP contribution in [0.2, 0.25) is 0 Å². The van der Waals surface area contributed by atoms with Gasteiger partial charge in [-0.05, 0) is 19.4 Å². The molecule has 1 aromatic rings. The first-order valence-electron chi connectivity index (χ1n) is 6.08. The van der Waals surface area contributed by atoms with Gasteiger partial charge < -0.3 is 4.90 Å². The zero-order valence-electron chi connectivity index (χ0n) is 10.6. The monoisotopic (exact) mass is 285 g/mol. The van der Waals surface area contributed by atoms with Gasteiger partial charge in [-0.15, -0.1) is 23.2 Å². The van der Waals surface area contributed by atoms with E-state index in [1.54, 1.807) is 6.92 Å². The number of benzene rings is 1. The number of hydrogen-bond donors (Lipinski definition) is 0. The Bertz CT molecular complexity index is 433. The van der Waals surface area contributed by atoms with Gasteiger partial charge in [0.2, 0.25) is 5.91 Å². The van der Waals surface area contributed by atoms with Gasteiger partial charge >= 0.3 is 0 Å². The summed E-state index contributed by atoms with van der Waals surface area (Å²) in [5.41, 5.74) is 1.11. The second-order valence-electron chi connectivity index (χ2n) is 5.00. The van der Waals surface area contributed by atoms with Crippen LogP contribution in [0.25, 0.3) is 0 Å². The van der Waals surface area contributed by atoms with E-state index in [1.165, 1.54) is 0 Å². The van der Waals surface area contributed by atoms with Gasteiger partial charge in [-0.2, -0.15) is 0 Å². The summed E-state index contributed by atoms with van der Waals surface area (Å²) in [6.07, 6.45) is 0. The maximum Gasteiger partial charge on any atom is 0.244 e. The molecule has 1 aromatic carbocycles. The molecule has 1 fully saturated rings. The predicted molar refractivity (Wildman–Crippen MR) is 74.9 cm³/mol. The van der Waals surface area contributed by atoms with Crippen molar-refractivity contribution in [1.29, 1.82) is 0 Å². The molecule has 0 radical (unpaired) electrons. The third-order valence-electron chi connectivity index (χ3n) is 3.81. The van der Waals surface area contributed by atoms with Gasteiger partial charge in [0, 0.05) is 24.4 Å². The molecule has 1 saturated heterocycles. The Morgan fingerprint density at radius 3 is 2.44 bits per heavy atom. The lowest BCUT2D eigenvalue weighted by Gasteiger charge is -2.23. The number of hydrogen-bond acceptors (Lipinski definition) is 1. The van der Waals surface area contributed by atoms with E-state index in [9.17, 15) is 4.79 Å². The van der Waals surface area contributed by atoms with Gasteiger partial charge in [-0.25, -0.2) is 0 Å². The van der Waals surface area contributed by atoms with Crippen LogP contribution < -0.4 is 0 Å². The summed E-state index contributed by atoms with van der Waals surface area (Å²) in [5, 5.41) is 0. The van der Waals surface area contributed by atoms with Crippen LogP contribution in [-0.4, -0.2) is 27.6 Å². The van der Waals surface area contributed by atoms with Crippen molar-refractivity contribution >= 4 is 29.1 Å². The average Bonchev–Trinajstić information content (AvgIpc) is 2.51. The van der Waals surface area contributed by atoms with E-state index in [0.717, 1.165) is 5.56 Å². The molecule has 0 N–H and O–H groups in total. The fraction of sp³-hybridized carbons (Fsp3) is 0.500. The van der Waals surface area contributed by atoms with Gasteiger partial charge in [0.1, 0.15) is 4.87 Å². The van der Waals surface area contributed by atoms with E-state index in [1.807, 2.05) is 42.2 Å². The molecular formula is C14H17Cl2NO. The van der Waals surface area contributed by atoms with E-state index < -0.39 is 4.87 Å². The molecule has 2 nitrogen and oxygen atoms in total. The zero-order valence-corrected chi connectivity index (χ0v) is 12.1. The van der Waals surface area contributed by atoms with E-state index in [2.05, 4.69) is 0 Å². The van der Waals surface area contributed by atoms with Crippen LogP contribution in [-0.2, 0) is 11.3 Å². The highest BCUT2D eigenvalue weighted by Crippen LogP contribution is 2.40. The largest absolute Gasteiger partial charge is 0.334 e. The summed E-state index contributed by atoms with van der Waals surface area (Å²) in [5.74, 6) is 0.362. The molecule has 1 heterocycles. The Morgan fingerprint density at radius 2 is 1.94 bits per heavy atom. The summed E-state index contributed by atoms with van der Waals surface area (Å²) < 4.78 is 0. The van der Waals surface area contributed by atoms with E-state index >= 15 is 0 Å². The van der Waals surface area contributed by atoms with Crippen LogP contribution in [0, 0.1) is 5.92 Å². The van der Waals surface area contributed by atoms with Gasteiger partial charge in [0.15, 0.2) is 0 Å². The predicted octanol–water partition coefficient (Wildman–Crippen LogP) is 3.27. The molecule has 98 valence electrons. The Balaban J connectivity index is 2.22. The topological polar surface area (TPSA) is 20.3 Å². The summed E-state index contributed by atoms with van der Waals surface area (Å²) in [6, 6.07) is 10.0. The molecule has 18 heavy (non-hydrogen) atoms. The number of likely N-dealkylation sites (tertiary alicyclic amines) is 1. The lowest BCUT2D eigenvalue weighted by molar-refractivity contribution is -0.131. The minimum absolute atomic E-state index is 0.0166. The van der Waals surface area contributed by atoms with Crippen molar-refractivity contribution in [3.8, 4) is 0 Å². The van der Waals surface area contributed by atoms with Crippen LogP contribution in [0.1, 0.15) is 19.4 Å². The maximum absolute atomic E-state index is 12.3. The first kappa shape index (κ1) is 13.7. The number of carbonyl (C=O) groups is 1. The summed E-state index contributed by atoms with van der Waals surface area (Å²) >= 11 is 12.3. The van der Waals surface area contributed by atoms with Crippen molar-refractivity contribution in [3.63, 3.8) is 0 Å². The van der Waals surface area contributed by atoms with Crippen molar-refractivity contribution in [2.24, 2.45) is 5.92 Å². The van der Waals surface area contributed by atoms with E-state index in [4.69, 9.17) is 23.2 Å². The second kappa shape index (κ2) is 5.10. The normalized spacial score (nSPS) is 32.0. The third kappa shape index (κ3) is 2.24. The lowest BCUT2D eigenvalue weighted by Crippen LogP contribution is -2.35. The van der Waals surface area contributed by atoms with Crippen molar-refractivity contribution in [2.45, 2.75) is 31.3 Å². The molecule has 3 atom stereocenters. The zero-order chi connectivity index (χ0) is 13.3. The number of carbonyl (C=O) groups excluding carboxylic acids is 1. The van der Waals surface area contributed by atoms with E-state index in [0.29, 0.717) is 12.4 Å². The molecular weight excluding hydrogens is 269 g/mol. The van der Waals surface area contributed by atoms with Gasteiger partial charge in [-0.3, -0.25) is 4.79 Å². The lowest BCUT2D eigenvalue weighted by atomic mass is 9.94. The fourth-order valence-corrected chi connectivity index (χ4v) is 3.58. The summed E-state index contributed by atoms with van der Waals surface area (Å²) in [6.45, 7) is 4.38. The van der Waals surface area contributed by atoms with Crippen molar-refractivity contribution in [3.05, 3.63) is 35.9 Å². The first-order valence-corrected chi connectivity index (χ1v) is 6.99. The Labute approximate surface area is 118 Å². The maximum atomic E-state index is 12.3. The molecule has 1 unspecified atom stereocenters. The molecule has 0 bridgehead atoms. The smallest absolute Gasteiger partial charge is 0.244 e. The highest BCUT2D eigenvalue weighted by Gasteiger charge is 2.53. The highest BCUT2D eigenvalue weighted by molar-refractivity contribution is 6.36. The standard InChI is InChI=1S/C14H17Cl2NO/c1-10-12(8-15)14(2,16)13(18)17(10)9-11-6-4-3-5-7-11/h3-7,10,12H,8-9H2,1-2H3/t10-,12-,14?/m0/s1. The molecule has 1 aliphatic rings. The fourth-order valence-electron chi connectivity index (χ4n) is 2.56. The minimum Gasteiger partial charge on any atom is -0.334 e. The van der Waals surface area contributed by atoms with Crippen LogP contribution in [0.4, 0.5) is 0 Å². The van der Waals surface area contributed by atoms with Crippen LogP contribution in [0.15, 0.2) is 30.3 Å². The van der Waals surface area contributed by atoms with Crippen molar-refractivity contribution < 1.29 is 4.79 Å². The minimum atomic E-state index is -0.879. The number of nitrogens with zero attached hydrogens (tertiary/aromatic N) is 1. The number of alkyl halides is 2. The first-order chi connectivity index (χ1) is 8.48. The van der Waals surface area contributed by atoms with Crippen molar-refractivity contribution in [1.82, 2.24) is 4.90 Å². The number of amides is 1. The average molecular weight is 286 g/mol. The van der Waals surface area contributed by atoms with E-state index in [-0.39, 0.29) is 17.9 Å². The quantitative estimate of drug-likeness (QED) is 0.781. The molecule has 0 aliphatic carbocycles. The third-order valence-corrected chi connectivity index (χ3v) is 4.59. The van der Waals surface area contributed by atoms with Gasteiger partial charge in [0.25, 0.3) is 0 Å². The molecule has 4 heteroatoms.